The molecule has 0 aliphatic carbocycles. The molecule has 0 fully saturated rings. The fourth-order valence-electron chi connectivity index (χ4n) is 1.26. The Balaban J connectivity index is 3.06. The van der Waals surface area contributed by atoms with E-state index in [1.165, 1.54) is 19.1 Å². The van der Waals surface area contributed by atoms with Gasteiger partial charge < -0.3 is 14.6 Å². The first-order valence-electron chi connectivity index (χ1n) is 5.11. The zero-order valence-corrected chi connectivity index (χ0v) is 10.8. The second kappa shape index (κ2) is 5.86. The van der Waals surface area contributed by atoms with Gasteiger partial charge >= 0.3 is 7.82 Å². The predicted molar refractivity (Wildman–Crippen MR) is 64.6 cm³/mol. The lowest BCUT2D eigenvalue weighted by Gasteiger charge is -2.13. The summed E-state index contributed by atoms with van der Waals surface area (Å²) in [6.45, 7) is 3.36. The molecule has 0 aliphatic heterocycles. The Morgan fingerprint density at radius 3 is 2.56 bits per heavy atom. The van der Waals surface area contributed by atoms with Crippen molar-refractivity contribution in [2.24, 2.45) is 0 Å². The first kappa shape index (κ1) is 14.5. The number of rotatable bonds is 5. The minimum Gasteiger partial charge on any atom is -0.490 e. The second-order valence-electron chi connectivity index (χ2n) is 3.36. The Morgan fingerprint density at radius 2 is 2.06 bits per heavy atom. The summed E-state index contributed by atoms with van der Waals surface area (Å²) in [4.78, 5) is 28.4. The summed E-state index contributed by atoms with van der Waals surface area (Å²) in [6.07, 6.45) is 0. The molecule has 7 nitrogen and oxygen atoms in total. The van der Waals surface area contributed by atoms with E-state index in [4.69, 9.17) is 14.5 Å². The lowest BCUT2D eigenvalue weighted by Crippen LogP contribution is -2.06. The highest BCUT2D eigenvalue weighted by Gasteiger charge is 2.19. The van der Waals surface area contributed by atoms with Crippen molar-refractivity contribution in [1.29, 1.82) is 0 Å². The smallest absolute Gasteiger partial charge is 0.490 e. The van der Waals surface area contributed by atoms with Gasteiger partial charge in [0.05, 0.1) is 6.61 Å². The van der Waals surface area contributed by atoms with Gasteiger partial charge in [-0.25, -0.2) is 4.57 Å². The number of nitrogens with one attached hydrogen (secondary N) is 1. The molecule has 0 bridgehead atoms. The minimum atomic E-state index is -4.68. The number of carbonyl (C=O) groups excluding carboxylic acids is 1. The topological polar surface area (TPSA) is 105 Å². The summed E-state index contributed by atoms with van der Waals surface area (Å²) in [5.74, 6) is -0.243. The maximum Gasteiger partial charge on any atom is 0.524 e. The van der Waals surface area contributed by atoms with E-state index < -0.39 is 7.82 Å². The van der Waals surface area contributed by atoms with Crippen molar-refractivity contribution in [3.8, 4) is 11.5 Å². The lowest BCUT2D eigenvalue weighted by molar-refractivity contribution is -0.114. The molecular formula is C10H14NO6P. The molecule has 0 unspecified atom stereocenters. The molecular weight excluding hydrogens is 261 g/mol. The number of amides is 1. The van der Waals surface area contributed by atoms with Crippen molar-refractivity contribution >= 4 is 19.4 Å². The Hall–Kier alpha value is -1.56. The first-order chi connectivity index (χ1) is 8.31. The largest absolute Gasteiger partial charge is 0.524 e. The van der Waals surface area contributed by atoms with Gasteiger partial charge in [0.1, 0.15) is 0 Å². The van der Waals surface area contributed by atoms with Gasteiger partial charge in [-0.1, -0.05) is 0 Å². The molecule has 8 heteroatoms. The van der Waals surface area contributed by atoms with Crippen LogP contribution in [0.15, 0.2) is 18.2 Å². The molecule has 18 heavy (non-hydrogen) atoms. The van der Waals surface area contributed by atoms with E-state index in [0.717, 1.165) is 0 Å². The standard InChI is InChI=1S/C10H14NO6P/c1-3-16-9-5-4-8(11-7(2)12)6-10(9)17-18(13,14)15/h4-6H,3H2,1-2H3,(H,11,12)(H2,13,14,15). The quantitative estimate of drug-likeness (QED) is 0.703. The fourth-order valence-corrected chi connectivity index (χ4v) is 1.66. The molecule has 3 N–H and O–H groups in total. The van der Waals surface area contributed by atoms with E-state index in [1.54, 1.807) is 13.0 Å². The molecule has 0 saturated heterocycles. The number of carbonyl (C=O) groups is 1. The molecule has 1 rings (SSSR count). The highest BCUT2D eigenvalue weighted by Crippen LogP contribution is 2.43. The maximum absolute atomic E-state index is 10.9. The van der Waals surface area contributed by atoms with E-state index in [-0.39, 0.29) is 17.4 Å². The van der Waals surface area contributed by atoms with Gasteiger partial charge in [-0.2, -0.15) is 0 Å². The van der Waals surface area contributed by atoms with Crippen molar-refractivity contribution in [1.82, 2.24) is 0 Å². The van der Waals surface area contributed by atoms with Crippen molar-refractivity contribution in [3.05, 3.63) is 18.2 Å². The third kappa shape index (κ3) is 4.75. The van der Waals surface area contributed by atoms with Crippen LogP contribution >= 0.6 is 7.82 Å². The molecule has 100 valence electrons. The van der Waals surface area contributed by atoms with Gasteiger partial charge in [-0.15, -0.1) is 0 Å². The van der Waals surface area contributed by atoms with Crippen molar-refractivity contribution in [2.45, 2.75) is 13.8 Å². The third-order valence-electron chi connectivity index (χ3n) is 1.78. The van der Waals surface area contributed by atoms with E-state index in [0.29, 0.717) is 12.3 Å². The zero-order chi connectivity index (χ0) is 13.8. The number of anilines is 1. The summed E-state index contributed by atoms with van der Waals surface area (Å²) in [5.41, 5.74) is 0.356. The van der Waals surface area contributed by atoms with Crippen molar-refractivity contribution in [2.75, 3.05) is 11.9 Å². The molecule has 0 aromatic heterocycles. The minimum absolute atomic E-state index is 0.128. The molecule has 1 aromatic rings. The van der Waals surface area contributed by atoms with Gasteiger partial charge in [0.2, 0.25) is 5.91 Å². The normalized spacial score (nSPS) is 10.9. The number of phosphoric acid groups is 1. The van der Waals surface area contributed by atoms with Crippen LogP contribution in [0.2, 0.25) is 0 Å². The number of ether oxygens (including phenoxy) is 1. The van der Waals surface area contributed by atoms with Crippen LogP contribution in [0.4, 0.5) is 5.69 Å². The highest BCUT2D eigenvalue weighted by atomic mass is 31.2. The molecule has 1 amide bonds. The molecule has 0 radical (unpaired) electrons. The van der Waals surface area contributed by atoms with Gasteiger partial charge in [0.15, 0.2) is 11.5 Å². The van der Waals surface area contributed by atoms with Crippen LogP contribution in [0.5, 0.6) is 11.5 Å². The maximum atomic E-state index is 10.9. The van der Waals surface area contributed by atoms with E-state index in [1.807, 2.05) is 0 Å². The highest BCUT2D eigenvalue weighted by molar-refractivity contribution is 7.46. The van der Waals surface area contributed by atoms with Gasteiger partial charge in [-0.05, 0) is 19.1 Å². The number of hydrogen-bond donors (Lipinski definition) is 3. The number of phosphoric ester groups is 1. The summed E-state index contributed by atoms with van der Waals surface area (Å²) < 4.78 is 20.5. The van der Waals surface area contributed by atoms with Crippen LogP contribution in [-0.4, -0.2) is 22.3 Å². The van der Waals surface area contributed by atoms with Crippen LogP contribution in [-0.2, 0) is 9.36 Å². The lowest BCUT2D eigenvalue weighted by atomic mass is 10.2. The van der Waals surface area contributed by atoms with Gasteiger partial charge in [0, 0.05) is 18.7 Å². The van der Waals surface area contributed by atoms with Gasteiger partial charge in [-0.3, -0.25) is 14.6 Å². The Kier molecular flexibility index (Phi) is 4.72. The fraction of sp³-hybridized carbons (Fsp3) is 0.300. The Morgan fingerprint density at radius 1 is 1.39 bits per heavy atom. The average Bonchev–Trinajstić information content (AvgIpc) is 2.19. The number of hydrogen-bond acceptors (Lipinski definition) is 4. The molecule has 0 saturated carbocycles. The average molecular weight is 275 g/mol. The molecule has 0 aliphatic rings. The molecule has 0 spiro atoms. The monoisotopic (exact) mass is 275 g/mol. The molecule has 0 atom stereocenters. The van der Waals surface area contributed by atoms with E-state index >= 15 is 0 Å². The Labute approximate surface area is 104 Å². The second-order valence-corrected chi connectivity index (χ2v) is 4.52. The predicted octanol–water partition coefficient (Wildman–Crippen LogP) is 1.52. The van der Waals surface area contributed by atoms with Crippen LogP contribution in [0, 0.1) is 0 Å². The van der Waals surface area contributed by atoms with Crippen molar-refractivity contribution in [3.63, 3.8) is 0 Å². The van der Waals surface area contributed by atoms with Crippen molar-refractivity contribution < 1.29 is 28.4 Å². The summed E-state index contributed by atoms with van der Waals surface area (Å²) in [7, 11) is -4.68. The summed E-state index contributed by atoms with van der Waals surface area (Å²) >= 11 is 0. The van der Waals surface area contributed by atoms with Gasteiger partial charge in [0.25, 0.3) is 0 Å². The SMILES string of the molecule is CCOc1ccc(NC(C)=O)cc1OP(=O)(O)O. The molecule has 0 heterocycles. The number of benzene rings is 1. The first-order valence-corrected chi connectivity index (χ1v) is 6.64. The third-order valence-corrected chi connectivity index (χ3v) is 2.22. The van der Waals surface area contributed by atoms with Crippen LogP contribution in [0.1, 0.15) is 13.8 Å². The molecule has 1 aromatic carbocycles. The Bertz CT molecular complexity index is 483. The summed E-state index contributed by atoms with van der Waals surface area (Å²) in [6, 6.07) is 4.28. The zero-order valence-electron chi connectivity index (χ0n) is 9.91. The van der Waals surface area contributed by atoms with Crippen LogP contribution in [0.3, 0.4) is 0 Å². The summed E-state index contributed by atoms with van der Waals surface area (Å²) in [5, 5.41) is 2.47. The van der Waals surface area contributed by atoms with Crippen LogP contribution in [0.25, 0.3) is 0 Å². The van der Waals surface area contributed by atoms with E-state index in [2.05, 4.69) is 9.84 Å². The van der Waals surface area contributed by atoms with Crippen LogP contribution < -0.4 is 14.6 Å². The van der Waals surface area contributed by atoms with E-state index in [9.17, 15) is 9.36 Å².